The van der Waals surface area contributed by atoms with E-state index in [0.29, 0.717) is 39.7 Å². The van der Waals surface area contributed by atoms with E-state index in [-0.39, 0.29) is 18.4 Å². The highest BCUT2D eigenvalue weighted by Gasteiger charge is 2.21. The Labute approximate surface area is 188 Å². The Morgan fingerprint density at radius 3 is 2.82 bits per heavy atom. The largest absolute Gasteiger partial charge is 0.463 e. The molecule has 10 nitrogen and oxygen atoms in total. The molecular weight excluding hydrogens is 428 g/mol. The number of nitrogens with zero attached hydrogens (tertiary/aromatic N) is 3. The van der Waals surface area contributed by atoms with E-state index in [4.69, 9.17) is 18.6 Å². The monoisotopic (exact) mass is 448 g/mol. The van der Waals surface area contributed by atoms with Gasteiger partial charge in [-0.25, -0.2) is 14.5 Å². The molecule has 10 heteroatoms. The maximum atomic E-state index is 12.9. The summed E-state index contributed by atoms with van der Waals surface area (Å²) in [7, 11) is 0. The predicted octanol–water partition coefficient (Wildman–Crippen LogP) is 3.80. The summed E-state index contributed by atoms with van der Waals surface area (Å²) in [4.78, 5) is 29.9. The third-order valence-electron chi connectivity index (χ3n) is 5.04. The number of amides is 1. The SMILES string of the molecule is CC(C)n1ncc2c(C(=O)OCC(=O)Nc3ccc4c(c3)OCO4)cc(-c3ccco3)nc21. The highest BCUT2D eigenvalue weighted by atomic mass is 16.7. The molecule has 1 aromatic carbocycles. The summed E-state index contributed by atoms with van der Waals surface area (Å²) in [5, 5.41) is 7.56. The van der Waals surface area contributed by atoms with Crippen LogP contribution in [0.2, 0.25) is 0 Å². The molecule has 0 bridgehead atoms. The molecule has 3 aromatic heterocycles. The molecule has 0 atom stereocenters. The Bertz CT molecular complexity index is 1340. The van der Waals surface area contributed by atoms with Crippen LogP contribution in [0.15, 0.2) is 53.3 Å². The second-order valence-electron chi connectivity index (χ2n) is 7.64. The van der Waals surface area contributed by atoms with Crippen molar-refractivity contribution < 1.29 is 28.2 Å². The lowest BCUT2D eigenvalue weighted by molar-refractivity contribution is -0.119. The maximum Gasteiger partial charge on any atom is 0.339 e. The first-order valence-corrected chi connectivity index (χ1v) is 10.3. The molecule has 0 radical (unpaired) electrons. The molecule has 1 aliphatic heterocycles. The molecule has 4 heterocycles. The Balaban J connectivity index is 1.36. The molecule has 0 saturated carbocycles. The summed E-state index contributed by atoms with van der Waals surface area (Å²) in [5.41, 5.74) is 1.74. The molecule has 1 amide bonds. The number of anilines is 1. The topological polar surface area (TPSA) is 118 Å². The minimum atomic E-state index is -0.667. The van der Waals surface area contributed by atoms with E-state index in [0.717, 1.165) is 0 Å². The lowest BCUT2D eigenvalue weighted by Crippen LogP contribution is -2.21. The molecule has 0 unspecified atom stereocenters. The van der Waals surface area contributed by atoms with Gasteiger partial charge in [0.1, 0.15) is 5.69 Å². The first kappa shape index (κ1) is 20.6. The fourth-order valence-corrected chi connectivity index (χ4v) is 3.50. The molecule has 1 aliphatic rings. The van der Waals surface area contributed by atoms with Gasteiger partial charge in [-0.2, -0.15) is 5.10 Å². The van der Waals surface area contributed by atoms with Crippen molar-refractivity contribution in [1.82, 2.24) is 14.8 Å². The third-order valence-corrected chi connectivity index (χ3v) is 5.04. The molecule has 5 rings (SSSR count). The molecular formula is C23H20N4O6. The summed E-state index contributed by atoms with van der Waals surface area (Å²) in [6.45, 7) is 3.60. The van der Waals surface area contributed by atoms with Crippen LogP contribution in [-0.2, 0) is 9.53 Å². The quantitative estimate of drug-likeness (QED) is 0.443. The fourth-order valence-electron chi connectivity index (χ4n) is 3.50. The van der Waals surface area contributed by atoms with Gasteiger partial charge in [0.15, 0.2) is 29.5 Å². The third kappa shape index (κ3) is 3.98. The summed E-state index contributed by atoms with van der Waals surface area (Å²) in [5.74, 6) is 0.492. The zero-order chi connectivity index (χ0) is 22.9. The molecule has 0 aliphatic carbocycles. The number of nitrogens with one attached hydrogen (secondary N) is 1. The predicted molar refractivity (Wildman–Crippen MR) is 117 cm³/mol. The number of carbonyl (C=O) groups excluding carboxylic acids is 2. The van der Waals surface area contributed by atoms with Crippen molar-refractivity contribution in [2.75, 3.05) is 18.7 Å². The van der Waals surface area contributed by atoms with E-state index in [1.54, 1.807) is 47.3 Å². The molecule has 4 aromatic rings. The van der Waals surface area contributed by atoms with Crippen molar-refractivity contribution in [2.45, 2.75) is 19.9 Å². The summed E-state index contributed by atoms with van der Waals surface area (Å²) >= 11 is 0. The Kier molecular flexibility index (Phi) is 5.17. The van der Waals surface area contributed by atoms with Gasteiger partial charge < -0.3 is 23.9 Å². The van der Waals surface area contributed by atoms with Gasteiger partial charge in [-0.1, -0.05) is 0 Å². The number of fused-ring (bicyclic) bond motifs is 2. The molecule has 168 valence electrons. The Hall–Kier alpha value is -4.34. The van der Waals surface area contributed by atoms with Crippen LogP contribution in [0.4, 0.5) is 5.69 Å². The van der Waals surface area contributed by atoms with Crippen LogP contribution in [0.3, 0.4) is 0 Å². The van der Waals surface area contributed by atoms with E-state index in [2.05, 4.69) is 15.4 Å². The summed E-state index contributed by atoms with van der Waals surface area (Å²) in [6.07, 6.45) is 3.09. The van der Waals surface area contributed by atoms with Gasteiger partial charge in [0.25, 0.3) is 5.91 Å². The first-order valence-electron chi connectivity index (χ1n) is 10.3. The molecule has 0 spiro atoms. The summed E-state index contributed by atoms with van der Waals surface area (Å²) in [6, 6.07) is 10.1. The normalized spacial score (nSPS) is 12.3. The van der Waals surface area contributed by atoms with E-state index in [9.17, 15) is 9.59 Å². The fraction of sp³-hybridized carbons (Fsp3) is 0.217. The number of pyridine rings is 1. The van der Waals surface area contributed by atoms with Crippen molar-refractivity contribution in [3.05, 3.63) is 54.4 Å². The van der Waals surface area contributed by atoms with Gasteiger partial charge in [0.2, 0.25) is 6.79 Å². The van der Waals surface area contributed by atoms with E-state index in [1.807, 2.05) is 13.8 Å². The first-order chi connectivity index (χ1) is 16.0. The van der Waals surface area contributed by atoms with Crippen LogP contribution < -0.4 is 14.8 Å². The van der Waals surface area contributed by atoms with E-state index < -0.39 is 18.5 Å². The number of aromatic nitrogens is 3. The highest BCUT2D eigenvalue weighted by Crippen LogP contribution is 2.34. The van der Waals surface area contributed by atoms with E-state index in [1.165, 1.54) is 6.26 Å². The summed E-state index contributed by atoms with van der Waals surface area (Å²) < 4.78 is 23.0. The zero-order valence-electron chi connectivity index (χ0n) is 17.9. The minimum Gasteiger partial charge on any atom is -0.463 e. The zero-order valence-corrected chi connectivity index (χ0v) is 17.9. The number of esters is 1. The van der Waals surface area contributed by atoms with Crippen molar-refractivity contribution in [2.24, 2.45) is 0 Å². The van der Waals surface area contributed by atoms with Gasteiger partial charge in [0.05, 0.1) is 23.4 Å². The van der Waals surface area contributed by atoms with Gasteiger partial charge in [-0.15, -0.1) is 0 Å². The number of carbonyl (C=O) groups is 2. The van der Waals surface area contributed by atoms with Gasteiger partial charge >= 0.3 is 5.97 Å². The van der Waals surface area contributed by atoms with Crippen molar-refractivity contribution in [3.63, 3.8) is 0 Å². The standard InChI is InChI=1S/C23H20N4O6/c1-13(2)27-22-16(10-24-27)15(9-17(26-22)18-4-3-7-30-18)23(29)31-11-21(28)25-14-5-6-19-20(8-14)33-12-32-19/h3-10,13H,11-12H2,1-2H3,(H,25,28). The van der Waals surface area contributed by atoms with Gasteiger partial charge in [-0.05, 0) is 44.2 Å². The average Bonchev–Trinajstić information content (AvgIpc) is 3.56. The van der Waals surface area contributed by atoms with Crippen LogP contribution >= 0.6 is 0 Å². The number of hydrogen-bond acceptors (Lipinski definition) is 8. The van der Waals surface area contributed by atoms with E-state index >= 15 is 0 Å². The molecule has 0 fully saturated rings. The lowest BCUT2D eigenvalue weighted by atomic mass is 10.1. The van der Waals surface area contributed by atoms with Gasteiger partial charge in [-0.3, -0.25) is 4.79 Å². The Morgan fingerprint density at radius 1 is 1.18 bits per heavy atom. The number of hydrogen-bond donors (Lipinski definition) is 1. The van der Waals surface area contributed by atoms with Crippen LogP contribution in [0.5, 0.6) is 11.5 Å². The second kappa shape index (κ2) is 8.30. The molecule has 0 saturated heterocycles. The van der Waals surface area contributed by atoms with Crippen LogP contribution in [0, 0.1) is 0 Å². The minimum absolute atomic E-state index is 0.0261. The number of rotatable bonds is 6. The molecule has 1 N–H and O–H groups in total. The van der Waals surface area contributed by atoms with Crippen LogP contribution in [-0.4, -0.2) is 40.0 Å². The number of furan rings is 1. The van der Waals surface area contributed by atoms with Gasteiger partial charge in [0, 0.05) is 17.8 Å². The second-order valence-corrected chi connectivity index (χ2v) is 7.64. The lowest BCUT2D eigenvalue weighted by Gasteiger charge is -2.10. The van der Waals surface area contributed by atoms with Crippen LogP contribution in [0.1, 0.15) is 30.2 Å². The number of ether oxygens (including phenoxy) is 3. The number of benzene rings is 1. The smallest absolute Gasteiger partial charge is 0.339 e. The van der Waals surface area contributed by atoms with Crippen molar-refractivity contribution >= 4 is 28.6 Å². The van der Waals surface area contributed by atoms with Crippen molar-refractivity contribution in [1.29, 1.82) is 0 Å². The average molecular weight is 448 g/mol. The van der Waals surface area contributed by atoms with Crippen LogP contribution in [0.25, 0.3) is 22.5 Å². The Morgan fingerprint density at radius 2 is 2.03 bits per heavy atom. The molecule has 33 heavy (non-hydrogen) atoms. The highest BCUT2D eigenvalue weighted by molar-refractivity contribution is 6.04. The maximum absolute atomic E-state index is 12.9. The van der Waals surface area contributed by atoms with Crippen molar-refractivity contribution in [3.8, 4) is 23.0 Å².